The number of hydrogen-bond donors (Lipinski definition) is 1. The Balaban J connectivity index is 1.99. The highest BCUT2D eigenvalue weighted by Gasteiger charge is 2.25. The van der Waals surface area contributed by atoms with Crippen LogP contribution in [0.25, 0.3) is 0 Å². The molecule has 0 aromatic heterocycles. The molecule has 0 aliphatic rings. The lowest BCUT2D eigenvalue weighted by Gasteiger charge is -2.21. The van der Waals surface area contributed by atoms with Crippen molar-refractivity contribution in [2.24, 2.45) is 0 Å². The second-order valence-corrected chi connectivity index (χ2v) is 9.44. The molecule has 0 saturated carbocycles. The maximum Gasteiger partial charge on any atom is 0.253 e. The summed E-state index contributed by atoms with van der Waals surface area (Å²) in [5, 5.41) is 3.04. The van der Waals surface area contributed by atoms with Crippen LogP contribution in [-0.2, 0) is 10.0 Å². The van der Waals surface area contributed by atoms with E-state index in [0.717, 1.165) is 5.56 Å². The van der Waals surface area contributed by atoms with Gasteiger partial charge in [-0.15, -0.1) is 0 Å². The van der Waals surface area contributed by atoms with Crippen LogP contribution < -0.4 is 5.32 Å². The molecule has 8 heteroatoms. The van der Waals surface area contributed by atoms with Gasteiger partial charge in [-0.25, -0.2) is 12.8 Å². The van der Waals surface area contributed by atoms with Gasteiger partial charge in [-0.1, -0.05) is 67.9 Å². The summed E-state index contributed by atoms with van der Waals surface area (Å²) in [7, 11) is -3.76. The molecule has 0 saturated heterocycles. The van der Waals surface area contributed by atoms with Crippen molar-refractivity contribution in [3.63, 3.8) is 0 Å². The lowest BCUT2D eigenvalue weighted by atomic mass is 9.98. The van der Waals surface area contributed by atoms with Gasteiger partial charge in [0.25, 0.3) is 5.91 Å². The van der Waals surface area contributed by atoms with Crippen LogP contribution in [0.1, 0.15) is 41.4 Å². The number of rotatable bonds is 8. The third-order valence-corrected chi connectivity index (χ3v) is 7.51. The molecular weight excluding hydrogens is 451 g/mol. The predicted octanol–water partition coefficient (Wildman–Crippen LogP) is 5.03. The van der Waals surface area contributed by atoms with Crippen LogP contribution in [0, 0.1) is 5.82 Å². The topological polar surface area (TPSA) is 66.5 Å². The molecule has 0 radical (unpaired) electrons. The third-order valence-electron chi connectivity index (χ3n) is 5.14. The molecule has 32 heavy (non-hydrogen) atoms. The lowest BCUT2D eigenvalue weighted by Crippen LogP contribution is -2.32. The van der Waals surface area contributed by atoms with E-state index in [1.165, 1.54) is 34.6 Å². The summed E-state index contributed by atoms with van der Waals surface area (Å²) >= 11 is 6.27. The Morgan fingerprint density at radius 1 is 0.969 bits per heavy atom. The van der Waals surface area contributed by atoms with Crippen molar-refractivity contribution in [3.05, 3.63) is 100 Å². The Morgan fingerprint density at radius 2 is 1.56 bits per heavy atom. The summed E-state index contributed by atoms with van der Waals surface area (Å²) in [5.41, 5.74) is 1.51. The first-order valence-electron chi connectivity index (χ1n) is 10.2. The van der Waals surface area contributed by atoms with Crippen molar-refractivity contribution < 1.29 is 17.6 Å². The molecular formula is C24H24ClFN2O3S. The Hall–Kier alpha value is -2.74. The number of hydrogen-bond acceptors (Lipinski definition) is 3. The van der Waals surface area contributed by atoms with E-state index in [1.54, 1.807) is 26.0 Å². The van der Waals surface area contributed by atoms with Gasteiger partial charge in [-0.3, -0.25) is 4.79 Å². The Labute approximate surface area is 192 Å². The fourth-order valence-electron chi connectivity index (χ4n) is 3.42. The van der Waals surface area contributed by atoms with Crippen molar-refractivity contribution >= 4 is 27.5 Å². The van der Waals surface area contributed by atoms with Gasteiger partial charge in [0.05, 0.1) is 21.5 Å². The maximum atomic E-state index is 13.4. The van der Waals surface area contributed by atoms with Gasteiger partial charge in [-0.05, 0) is 41.5 Å². The first-order chi connectivity index (χ1) is 15.3. The summed E-state index contributed by atoms with van der Waals surface area (Å²) in [6.45, 7) is 4.11. The molecule has 0 bridgehead atoms. The average Bonchev–Trinajstić information content (AvgIpc) is 2.79. The molecule has 0 aliphatic heterocycles. The number of benzene rings is 3. The second-order valence-electron chi connectivity index (χ2n) is 7.10. The van der Waals surface area contributed by atoms with E-state index in [4.69, 9.17) is 11.6 Å². The molecule has 1 atom stereocenters. The SMILES string of the molecule is CCN(CC)S(=O)(=O)c1ccc(Cl)c(C(=O)NC(c2ccccc2)c2ccc(F)cc2)c1. The van der Waals surface area contributed by atoms with E-state index in [0.29, 0.717) is 18.7 Å². The van der Waals surface area contributed by atoms with Crippen molar-refractivity contribution in [1.29, 1.82) is 0 Å². The van der Waals surface area contributed by atoms with Gasteiger partial charge in [0, 0.05) is 13.1 Å². The minimum absolute atomic E-state index is 0.00575. The fraction of sp³-hybridized carbons (Fsp3) is 0.208. The average molecular weight is 475 g/mol. The van der Waals surface area contributed by atoms with Gasteiger partial charge in [-0.2, -0.15) is 4.31 Å². The summed E-state index contributed by atoms with van der Waals surface area (Å²) in [6.07, 6.45) is 0. The van der Waals surface area contributed by atoms with E-state index >= 15 is 0 Å². The quantitative estimate of drug-likeness (QED) is 0.498. The zero-order chi connectivity index (χ0) is 23.3. The first-order valence-corrected chi connectivity index (χ1v) is 12.0. The largest absolute Gasteiger partial charge is 0.341 e. The molecule has 168 valence electrons. The molecule has 3 aromatic carbocycles. The van der Waals surface area contributed by atoms with Crippen LogP contribution >= 0.6 is 11.6 Å². The highest BCUT2D eigenvalue weighted by molar-refractivity contribution is 7.89. The summed E-state index contributed by atoms with van der Waals surface area (Å²) in [4.78, 5) is 13.2. The third kappa shape index (κ3) is 5.18. The number of halogens is 2. The van der Waals surface area contributed by atoms with E-state index in [1.807, 2.05) is 30.3 Å². The number of nitrogens with one attached hydrogen (secondary N) is 1. The van der Waals surface area contributed by atoms with Crippen LogP contribution in [0.5, 0.6) is 0 Å². The molecule has 3 aromatic rings. The normalized spacial score (nSPS) is 12.5. The summed E-state index contributed by atoms with van der Waals surface area (Å²) in [5.74, 6) is -0.922. The number of amides is 1. The molecule has 1 amide bonds. The number of sulfonamides is 1. The Bertz CT molecular complexity index is 1180. The molecule has 0 heterocycles. The van der Waals surface area contributed by atoms with Crippen molar-refractivity contribution in [1.82, 2.24) is 9.62 Å². The van der Waals surface area contributed by atoms with E-state index in [-0.39, 0.29) is 21.3 Å². The maximum absolute atomic E-state index is 13.4. The first kappa shape index (κ1) is 23.9. The monoisotopic (exact) mass is 474 g/mol. The molecule has 1 unspecified atom stereocenters. The standard InChI is InChI=1S/C24H24ClFN2O3S/c1-3-28(4-2)32(30,31)20-14-15-22(25)21(16-20)24(29)27-23(17-8-6-5-7-9-17)18-10-12-19(26)13-11-18/h5-16,23H,3-4H2,1-2H3,(H,27,29). The molecule has 0 aliphatic carbocycles. The van der Waals surface area contributed by atoms with Crippen LogP contribution in [-0.4, -0.2) is 31.7 Å². The number of nitrogens with zero attached hydrogens (tertiary/aromatic N) is 1. The van der Waals surface area contributed by atoms with Crippen molar-refractivity contribution in [3.8, 4) is 0 Å². The van der Waals surface area contributed by atoms with Crippen molar-refractivity contribution in [2.45, 2.75) is 24.8 Å². The molecule has 1 N–H and O–H groups in total. The lowest BCUT2D eigenvalue weighted by molar-refractivity contribution is 0.0943. The van der Waals surface area contributed by atoms with Crippen LogP contribution in [0.15, 0.2) is 77.7 Å². The number of carbonyl (C=O) groups excluding carboxylic acids is 1. The zero-order valence-electron chi connectivity index (χ0n) is 17.8. The van der Waals surface area contributed by atoms with Gasteiger partial charge >= 0.3 is 0 Å². The fourth-order valence-corrected chi connectivity index (χ4v) is 5.11. The zero-order valence-corrected chi connectivity index (χ0v) is 19.3. The van der Waals surface area contributed by atoms with Gasteiger partial charge in [0.15, 0.2) is 0 Å². The van der Waals surface area contributed by atoms with Gasteiger partial charge < -0.3 is 5.32 Å². The Kier molecular flexibility index (Phi) is 7.66. The smallest absolute Gasteiger partial charge is 0.253 e. The van der Waals surface area contributed by atoms with E-state index < -0.39 is 22.0 Å². The molecule has 0 spiro atoms. The minimum Gasteiger partial charge on any atom is -0.341 e. The van der Waals surface area contributed by atoms with Gasteiger partial charge in [0.2, 0.25) is 10.0 Å². The van der Waals surface area contributed by atoms with Crippen LogP contribution in [0.4, 0.5) is 4.39 Å². The van der Waals surface area contributed by atoms with Crippen LogP contribution in [0.2, 0.25) is 5.02 Å². The van der Waals surface area contributed by atoms with E-state index in [2.05, 4.69) is 5.32 Å². The minimum atomic E-state index is -3.76. The number of carbonyl (C=O) groups is 1. The molecule has 5 nitrogen and oxygen atoms in total. The van der Waals surface area contributed by atoms with Gasteiger partial charge in [0.1, 0.15) is 5.82 Å². The van der Waals surface area contributed by atoms with Crippen molar-refractivity contribution in [2.75, 3.05) is 13.1 Å². The second kappa shape index (κ2) is 10.3. The Morgan fingerprint density at radius 3 is 2.16 bits per heavy atom. The molecule has 0 fully saturated rings. The predicted molar refractivity (Wildman–Crippen MR) is 124 cm³/mol. The van der Waals surface area contributed by atoms with E-state index in [9.17, 15) is 17.6 Å². The highest BCUT2D eigenvalue weighted by Crippen LogP contribution is 2.26. The molecule has 3 rings (SSSR count). The summed E-state index contributed by atoms with van der Waals surface area (Å²) < 4.78 is 40.5. The van der Waals surface area contributed by atoms with Crippen LogP contribution in [0.3, 0.4) is 0 Å². The highest BCUT2D eigenvalue weighted by atomic mass is 35.5. The summed E-state index contributed by atoms with van der Waals surface area (Å²) in [6, 6.07) is 18.5.